The van der Waals surface area contributed by atoms with Crippen LogP contribution in [0.5, 0.6) is 0 Å². The Kier molecular flexibility index (Phi) is 8.61. The van der Waals surface area contributed by atoms with Gasteiger partial charge in [0.05, 0.1) is 12.4 Å². The van der Waals surface area contributed by atoms with Crippen molar-refractivity contribution in [3.63, 3.8) is 0 Å². The minimum atomic E-state index is -0.246. The van der Waals surface area contributed by atoms with E-state index < -0.39 is 0 Å². The molecule has 92 valence electrons. The molecule has 0 atom stereocenters. The first kappa shape index (κ1) is 15.0. The molecule has 0 unspecified atom stereocenters. The van der Waals surface area contributed by atoms with Crippen molar-refractivity contribution in [1.29, 1.82) is 0 Å². The summed E-state index contributed by atoms with van der Waals surface area (Å²) in [4.78, 5) is 33.9. The standard InChI is InChI=1S/C10H17NO4S/c1-3-15-9(13)5-4-6-11(2)10(14)16-8-7-12/h7H,3-6,8H2,1-2H3. The molecule has 0 aromatic carbocycles. The highest BCUT2D eigenvalue weighted by Crippen LogP contribution is 2.06. The number of aldehydes is 1. The molecule has 0 aromatic rings. The van der Waals surface area contributed by atoms with E-state index in [1.54, 1.807) is 14.0 Å². The Morgan fingerprint density at radius 2 is 2.12 bits per heavy atom. The third kappa shape index (κ3) is 7.28. The number of nitrogens with zero attached hydrogens (tertiary/aromatic N) is 1. The van der Waals surface area contributed by atoms with Crippen LogP contribution in [-0.2, 0) is 14.3 Å². The Hall–Kier alpha value is -1.04. The molecule has 0 aliphatic heterocycles. The van der Waals surface area contributed by atoms with Gasteiger partial charge in [0, 0.05) is 20.0 Å². The number of esters is 1. The zero-order valence-corrected chi connectivity index (χ0v) is 10.4. The number of rotatable bonds is 7. The molecule has 0 fully saturated rings. The molecule has 0 radical (unpaired) electrons. The summed E-state index contributed by atoms with van der Waals surface area (Å²) in [7, 11) is 1.64. The highest BCUT2D eigenvalue weighted by molar-refractivity contribution is 8.13. The van der Waals surface area contributed by atoms with Gasteiger partial charge in [-0.25, -0.2) is 0 Å². The second-order valence-corrected chi connectivity index (χ2v) is 4.04. The second kappa shape index (κ2) is 9.21. The van der Waals surface area contributed by atoms with E-state index in [-0.39, 0.29) is 17.0 Å². The second-order valence-electron chi connectivity index (χ2n) is 3.07. The van der Waals surface area contributed by atoms with Gasteiger partial charge in [0.25, 0.3) is 5.24 Å². The van der Waals surface area contributed by atoms with Crippen LogP contribution in [0.25, 0.3) is 0 Å². The van der Waals surface area contributed by atoms with Crippen molar-refractivity contribution >= 4 is 29.3 Å². The van der Waals surface area contributed by atoms with Crippen molar-refractivity contribution in [2.75, 3.05) is 26.0 Å². The molecule has 0 aliphatic carbocycles. The lowest BCUT2D eigenvalue weighted by atomic mass is 10.3. The van der Waals surface area contributed by atoms with Gasteiger partial charge in [0.1, 0.15) is 6.29 Å². The van der Waals surface area contributed by atoms with E-state index in [2.05, 4.69) is 0 Å². The van der Waals surface area contributed by atoms with E-state index in [0.717, 1.165) is 11.8 Å². The predicted molar refractivity (Wildman–Crippen MR) is 62.4 cm³/mol. The smallest absolute Gasteiger partial charge is 0.305 e. The summed E-state index contributed by atoms with van der Waals surface area (Å²) in [6.45, 7) is 2.62. The van der Waals surface area contributed by atoms with Crippen molar-refractivity contribution in [1.82, 2.24) is 4.90 Å². The normalized spacial score (nSPS) is 9.62. The predicted octanol–water partition coefficient (Wildman–Crippen LogP) is 1.31. The maximum absolute atomic E-state index is 11.3. The molecule has 0 rings (SSSR count). The van der Waals surface area contributed by atoms with Crippen LogP contribution in [-0.4, -0.2) is 48.3 Å². The lowest BCUT2D eigenvalue weighted by molar-refractivity contribution is -0.143. The highest BCUT2D eigenvalue weighted by Gasteiger charge is 2.09. The Bertz CT molecular complexity index is 245. The average Bonchev–Trinajstić information content (AvgIpc) is 2.26. The summed E-state index contributed by atoms with van der Waals surface area (Å²) in [6, 6.07) is 0. The molecule has 6 heteroatoms. The van der Waals surface area contributed by atoms with Crippen molar-refractivity contribution in [2.24, 2.45) is 0 Å². The van der Waals surface area contributed by atoms with Gasteiger partial charge in [-0.2, -0.15) is 0 Å². The molecule has 0 spiro atoms. The Morgan fingerprint density at radius 3 is 2.69 bits per heavy atom. The Morgan fingerprint density at radius 1 is 1.44 bits per heavy atom. The number of amides is 1. The van der Waals surface area contributed by atoms with Gasteiger partial charge in [0.15, 0.2) is 0 Å². The summed E-state index contributed by atoms with van der Waals surface area (Å²) >= 11 is 0.956. The van der Waals surface area contributed by atoms with Gasteiger partial charge < -0.3 is 14.4 Å². The third-order valence-electron chi connectivity index (χ3n) is 1.77. The van der Waals surface area contributed by atoms with Gasteiger partial charge in [0.2, 0.25) is 0 Å². The zero-order valence-electron chi connectivity index (χ0n) is 9.60. The van der Waals surface area contributed by atoms with Crippen molar-refractivity contribution < 1.29 is 19.1 Å². The van der Waals surface area contributed by atoms with Gasteiger partial charge in [-0.15, -0.1) is 0 Å². The van der Waals surface area contributed by atoms with Crippen molar-refractivity contribution in [2.45, 2.75) is 19.8 Å². The topological polar surface area (TPSA) is 63.7 Å². The molecule has 0 N–H and O–H groups in total. The number of carbonyl (C=O) groups is 3. The number of hydrogen-bond donors (Lipinski definition) is 0. The fraction of sp³-hybridized carbons (Fsp3) is 0.700. The SMILES string of the molecule is CCOC(=O)CCCN(C)C(=O)SCC=O. The molecule has 0 aliphatic rings. The van der Waals surface area contributed by atoms with E-state index >= 15 is 0 Å². The molecular weight excluding hydrogens is 230 g/mol. The zero-order chi connectivity index (χ0) is 12.4. The molecule has 0 saturated heterocycles. The van der Waals surface area contributed by atoms with E-state index in [1.165, 1.54) is 4.90 Å². The van der Waals surface area contributed by atoms with E-state index in [1.807, 2.05) is 0 Å². The van der Waals surface area contributed by atoms with Crippen LogP contribution in [0.2, 0.25) is 0 Å². The fourth-order valence-electron chi connectivity index (χ4n) is 1.00. The summed E-state index contributed by atoms with van der Waals surface area (Å²) in [5.74, 6) is -0.0787. The maximum Gasteiger partial charge on any atom is 0.305 e. The molecule has 0 heterocycles. The Balaban J connectivity index is 3.63. The first-order chi connectivity index (χ1) is 7.61. The summed E-state index contributed by atoms with van der Waals surface area (Å²) < 4.78 is 4.76. The first-order valence-corrected chi connectivity index (χ1v) is 6.07. The monoisotopic (exact) mass is 247 g/mol. The largest absolute Gasteiger partial charge is 0.466 e. The molecule has 0 aromatic heterocycles. The van der Waals surface area contributed by atoms with Crippen LogP contribution >= 0.6 is 11.8 Å². The average molecular weight is 247 g/mol. The molecular formula is C10H17NO4S. The molecule has 16 heavy (non-hydrogen) atoms. The van der Waals surface area contributed by atoms with Crippen LogP contribution in [0.15, 0.2) is 0 Å². The van der Waals surface area contributed by atoms with Gasteiger partial charge in [-0.05, 0) is 13.3 Å². The van der Waals surface area contributed by atoms with Gasteiger partial charge in [-0.3, -0.25) is 9.59 Å². The van der Waals surface area contributed by atoms with E-state index in [4.69, 9.17) is 4.74 Å². The van der Waals surface area contributed by atoms with Crippen LogP contribution in [0.3, 0.4) is 0 Å². The summed E-state index contributed by atoms with van der Waals surface area (Å²) in [5.41, 5.74) is 0. The Labute approximate surface area is 99.5 Å². The minimum absolute atomic E-state index is 0.157. The molecule has 0 saturated carbocycles. The van der Waals surface area contributed by atoms with E-state index in [9.17, 15) is 14.4 Å². The summed E-state index contributed by atoms with van der Waals surface area (Å²) in [6.07, 6.45) is 1.57. The number of hydrogen-bond acceptors (Lipinski definition) is 5. The van der Waals surface area contributed by atoms with E-state index in [0.29, 0.717) is 32.3 Å². The van der Waals surface area contributed by atoms with Crippen LogP contribution < -0.4 is 0 Å². The number of thioether (sulfide) groups is 1. The lowest BCUT2D eigenvalue weighted by Gasteiger charge is -2.15. The van der Waals surface area contributed by atoms with Gasteiger partial charge in [-0.1, -0.05) is 11.8 Å². The third-order valence-corrected chi connectivity index (χ3v) is 2.63. The minimum Gasteiger partial charge on any atom is -0.466 e. The number of carbonyl (C=O) groups excluding carboxylic acids is 3. The lowest BCUT2D eigenvalue weighted by Crippen LogP contribution is -2.24. The van der Waals surface area contributed by atoms with Crippen LogP contribution in [0.1, 0.15) is 19.8 Å². The molecule has 5 nitrogen and oxygen atoms in total. The van der Waals surface area contributed by atoms with Crippen molar-refractivity contribution in [3.8, 4) is 0 Å². The highest BCUT2D eigenvalue weighted by atomic mass is 32.2. The van der Waals surface area contributed by atoms with Crippen LogP contribution in [0.4, 0.5) is 4.79 Å². The number of ether oxygens (including phenoxy) is 1. The fourth-order valence-corrected chi connectivity index (χ4v) is 1.52. The maximum atomic E-state index is 11.3. The molecule has 0 bridgehead atoms. The van der Waals surface area contributed by atoms with Crippen LogP contribution in [0, 0.1) is 0 Å². The molecule has 1 amide bonds. The van der Waals surface area contributed by atoms with Gasteiger partial charge >= 0.3 is 5.97 Å². The van der Waals surface area contributed by atoms with Crippen molar-refractivity contribution in [3.05, 3.63) is 0 Å². The first-order valence-electron chi connectivity index (χ1n) is 5.09. The quantitative estimate of drug-likeness (QED) is 0.501. The summed E-state index contributed by atoms with van der Waals surface area (Å²) in [5, 5.41) is -0.157.